The maximum atomic E-state index is 13.4. The van der Waals surface area contributed by atoms with Crippen molar-refractivity contribution in [3.63, 3.8) is 0 Å². The molecule has 0 heterocycles. The van der Waals surface area contributed by atoms with E-state index in [-0.39, 0.29) is 0 Å². The van der Waals surface area contributed by atoms with Crippen molar-refractivity contribution in [3.8, 4) is 0 Å². The first-order chi connectivity index (χ1) is 10.9. The largest absolute Gasteiger partial charge is 0.343 e. The minimum atomic E-state index is -1.73. The van der Waals surface area contributed by atoms with Crippen LogP contribution >= 0.6 is 0 Å². The molecule has 2 N–H and O–H groups in total. The van der Waals surface area contributed by atoms with Gasteiger partial charge in [0.2, 0.25) is 5.91 Å². The predicted octanol–water partition coefficient (Wildman–Crippen LogP) is 2.78. The Morgan fingerprint density at radius 3 is 2.26 bits per heavy atom. The van der Waals surface area contributed by atoms with Gasteiger partial charge in [0.15, 0.2) is 17.5 Å². The summed E-state index contributed by atoms with van der Waals surface area (Å²) < 4.78 is 39.3. The van der Waals surface area contributed by atoms with E-state index in [2.05, 4.69) is 10.6 Å². The molecule has 0 spiro atoms. The van der Waals surface area contributed by atoms with Gasteiger partial charge in [0.25, 0.3) is 5.91 Å². The Kier molecular flexibility index (Phi) is 5.00. The first kappa shape index (κ1) is 16.5. The molecule has 2 rings (SSSR count). The van der Waals surface area contributed by atoms with E-state index in [1.54, 1.807) is 24.3 Å². The summed E-state index contributed by atoms with van der Waals surface area (Å²) in [6.07, 6.45) is 0. The van der Waals surface area contributed by atoms with Crippen molar-refractivity contribution in [2.24, 2.45) is 0 Å². The van der Waals surface area contributed by atoms with Gasteiger partial charge in [-0.25, -0.2) is 13.2 Å². The van der Waals surface area contributed by atoms with Gasteiger partial charge in [-0.2, -0.15) is 0 Å². The topological polar surface area (TPSA) is 58.2 Å². The average Bonchev–Trinajstić information content (AvgIpc) is 2.53. The fourth-order valence-electron chi connectivity index (χ4n) is 1.80. The summed E-state index contributed by atoms with van der Waals surface area (Å²) in [7, 11) is 0. The molecule has 0 radical (unpaired) electrons. The van der Waals surface area contributed by atoms with Crippen molar-refractivity contribution >= 4 is 17.5 Å². The number of carbonyl (C=O) groups excluding carboxylic acids is 2. The number of aryl methyl sites for hydroxylation is 1. The Bertz CT molecular complexity index is 746. The summed E-state index contributed by atoms with van der Waals surface area (Å²) in [5, 5.41) is 4.67. The smallest absolute Gasteiger partial charge is 0.254 e. The minimum Gasteiger partial charge on any atom is -0.343 e. The first-order valence-electron chi connectivity index (χ1n) is 6.66. The molecular formula is C16H13F3N2O2. The quantitative estimate of drug-likeness (QED) is 0.851. The van der Waals surface area contributed by atoms with Crippen molar-refractivity contribution in [2.45, 2.75) is 6.92 Å². The Morgan fingerprint density at radius 2 is 1.61 bits per heavy atom. The van der Waals surface area contributed by atoms with E-state index in [0.717, 1.165) is 11.6 Å². The number of carbonyl (C=O) groups is 2. The fourth-order valence-corrected chi connectivity index (χ4v) is 1.80. The molecule has 0 unspecified atom stereocenters. The number of rotatable bonds is 4. The molecule has 0 aliphatic rings. The Labute approximate surface area is 130 Å². The van der Waals surface area contributed by atoms with Crippen molar-refractivity contribution < 1.29 is 22.8 Å². The zero-order valence-electron chi connectivity index (χ0n) is 12.1. The molecule has 0 saturated heterocycles. The highest BCUT2D eigenvalue weighted by atomic mass is 19.2. The SMILES string of the molecule is Cc1ccc(NC(=O)CNC(=O)c2ccc(F)c(F)c2F)cc1. The number of hydrogen-bond donors (Lipinski definition) is 2. The van der Waals surface area contributed by atoms with Crippen LogP contribution in [0.25, 0.3) is 0 Å². The molecule has 120 valence electrons. The van der Waals surface area contributed by atoms with Crippen molar-refractivity contribution in [1.82, 2.24) is 5.32 Å². The van der Waals surface area contributed by atoms with Crippen LogP contribution in [0.1, 0.15) is 15.9 Å². The van der Waals surface area contributed by atoms with Crippen molar-refractivity contribution in [3.05, 3.63) is 65.0 Å². The van der Waals surface area contributed by atoms with Gasteiger partial charge in [-0.15, -0.1) is 0 Å². The Morgan fingerprint density at radius 1 is 0.957 bits per heavy atom. The molecule has 2 aromatic rings. The third-order valence-corrected chi connectivity index (χ3v) is 3.02. The summed E-state index contributed by atoms with van der Waals surface area (Å²) in [6, 6.07) is 8.41. The van der Waals surface area contributed by atoms with Gasteiger partial charge in [-0.05, 0) is 31.2 Å². The van der Waals surface area contributed by atoms with Crippen LogP contribution in [0.2, 0.25) is 0 Å². The van der Waals surface area contributed by atoms with E-state index < -0.39 is 41.4 Å². The third kappa shape index (κ3) is 4.09. The number of halogens is 3. The van der Waals surface area contributed by atoms with Crippen LogP contribution in [0.15, 0.2) is 36.4 Å². The minimum absolute atomic E-state index is 0.439. The number of nitrogens with one attached hydrogen (secondary N) is 2. The van der Waals surface area contributed by atoms with Crippen LogP contribution in [0.4, 0.5) is 18.9 Å². The molecular weight excluding hydrogens is 309 g/mol. The van der Waals surface area contributed by atoms with Gasteiger partial charge < -0.3 is 10.6 Å². The summed E-state index contributed by atoms with van der Waals surface area (Å²) in [4.78, 5) is 23.4. The zero-order chi connectivity index (χ0) is 17.0. The standard InChI is InChI=1S/C16H13F3N2O2/c1-9-2-4-10(5-3-9)21-13(22)8-20-16(23)11-6-7-12(17)15(19)14(11)18/h2-7H,8H2,1H3,(H,20,23)(H,21,22). The van der Waals surface area contributed by atoms with Gasteiger partial charge in [-0.3, -0.25) is 9.59 Å². The second-order valence-corrected chi connectivity index (χ2v) is 4.82. The van der Waals surface area contributed by atoms with E-state index in [4.69, 9.17) is 0 Å². The molecule has 0 aliphatic carbocycles. The van der Waals surface area contributed by atoms with Crippen molar-refractivity contribution in [2.75, 3.05) is 11.9 Å². The van der Waals surface area contributed by atoms with E-state index in [1.807, 2.05) is 6.92 Å². The van der Waals surface area contributed by atoms with Crippen LogP contribution in [-0.4, -0.2) is 18.4 Å². The highest BCUT2D eigenvalue weighted by Gasteiger charge is 2.19. The average molecular weight is 322 g/mol. The molecule has 0 aliphatic heterocycles. The highest BCUT2D eigenvalue weighted by molar-refractivity contribution is 5.99. The van der Waals surface area contributed by atoms with E-state index in [1.165, 1.54) is 0 Å². The van der Waals surface area contributed by atoms with Crippen LogP contribution in [0.3, 0.4) is 0 Å². The molecule has 0 fully saturated rings. The zero-order valence-corrected chi connectivity index (χ0v) is 12.1. The lowest BCUT2D eigenvalue weighted by Crippen LogP contribution is -2.33. The predicted molar refractivity (Wildman–Crippen MR) is 78.5 cm³/mol. The maximum Gasteiger partial charge on any atom is 0.254 e. The van der Waals surface area contributed by atoms with Crippen LogP contribution < -0.4 is 10.6 Å². The molecule has 0 aromatic heterocycles. The van der Waals surface area contributed by atoms with E-state index in [9.17, 15) is 22.8 Å². The summed E-state index contributed by atoms with van der Waals surface area (Å²) >= 11 is 0. The normalized spacial score (nSPS) is 10.3. The van der Waals surface area contributed by atoms with Crippen molar-refractivity contribution in [1.29, 1.82) is 0 Å². The molecule has 23 heavy (non-hydrogen) atoms. The molecule has 0 saturated carbocycles. The molecule has 7 heteroatoms. The second-order valence-electron chi connectivity index (χ2n) is 4.82. The lowest BCUT2D eigenvalue weighted by atomic mass is 10.2. The maximum absolute atomic E-state index is 13.4. The number of hydrogen-bond acceptors (Lipinski definition) is 2. The molecule has 0 atom stereocenters. The Balaban J connectivity index is 1.95. The number of amides is 2. The van der Waals surface area contributed by atoms with Gasteiger partial charge in [-0.1, -0.05) is 17.7 Å². The fraction of sp³-hybridized carbons (Fsp3) is 0.125. The summed E-state index contributed by atoms with van der Waals surface area (Å²) in [6.45, 7) is 1.45. The van der Waals surface area contributed by atoms with E-state index >= 15 is 0 Å². The molecule has 2 aromatic carbocycles. The lowest BCUT2D eigenvalue weighted by Gasteiger charge is -2.08. The number of anilines is 1. The number of benzene rings is 2. The lowest BCUT2D eigenvalue weighted by molar-refractivity contribution is -0.115. The Hall–Kier alpha value is -2.83. The second kappa shape index (κ2) is 6.95. The van der Waals surface area contributed by atoms with Crippen LogP contribution in [-0.2, 0) is 4.79 Å². The van der Waals surface area contributed by atoms with Gasteiger partial charge >= 0.3 is 0 Å². The van der Waals surface area contributed by atoms with E-state index in [0.29, 0.717) is 11.8 Å². The van der Waals surface area contributed by atoms with Gasteiger partial charge in [0.1, 0.15) is 0 Å². The molecule has 2 amide bonds. The molecule has 4 nitrogen and oxygen atoms in total. The van der Waals surface area contributed by atoms with Crippen LogP contribution in [0.5, 0.6) is 0 Å². The third-order valence-electron chi connectivity index (χ3n) is 3.02. The van der Waals surface area contributed by atoms with Crippen LogP contribution in [0, 0.1) is 24.4 Å². The monoisotopic (exact) mass is 322 g/mol. The molecule has 0 bridgehead atoms. The highest BCUT2D eigenvalue weighted by Crippen LogP contribution is 2.15. The van der Waals surface area contributed by atoms with Gasteiger partial charge in [0, 0.05) is 5.69 Å². The summed E-state index contributed by atoms with van der Waals surface area (Å²) in [5.74, 6) is -6.27. The van der Waals surface area contributed by atoms with Gasteiger partial charge in [0.05, 0.1) is 12.1 Å². The first-order valence-corrected chi connectivity index (χ1v) is 6.66. The summed E-state index contributed by atoms with van der Waals surface area (Å²) in [5.41, 5.74) is 0.881.